The molecule has 1 unspecified atom stereocenters. The van der Waals surface area contributed by atoms with Gasteiger partial charge in [-0.2, -0.15) is 0 Å². The predicted molar refractivity (Wildman–Crippen MR) is 130 cm³/mol. The SMILES string of the molecule is CC1CCc2c(sc(NC(=O)NCc3c(-n4cccc4)sc4c3CCN(C)C4)c2C=O)C1. The van der Waals surface area contributed by atoms with Crippen LogP contribution in [0.25, 0.3) is 5.00 Å². The topological polar surface area (TPSA) is 66.4 Å². The molecule has 32 heavy (non-hydrogen) atoms. The van der Waals surface area contributed by atoms with E-state index in [0.717, 1.165) is 50.6 Å². The van der Waals surface area contributed by atoms with Gasteiger partial charge in [0, 0.05) is 47.3 Å². The molecule has 6 nitrogen and oxygen atoms in total. The summed E-state index contributed by atoms with van der Waals surface area (Å²) in [5.74, 6) is 0.623. The average molecular weight is 469 g/mol. The lowest BCUT2D eigenvalue weighted by Gasteiger charge is -2.22. The molecule has 3 aromatic rings. The monoisotopic (exact) mass is 468 g/mol. The minimum Gasteiger partial charge on any atom is -0.334 e. The maximum atomic E-state index is 12.8. The average Bonchev–Trinajstić information content (AvgIpc) is 3.48. The third-order valence-electron chi connectivity index (χ3n) is 6.50. The van der Waals surface area contributed by atoms with Gasteiger partial charge in [0.1, 0.15) is 10.0 Å². The van der Waals surface area contributed by atoms with Crippen LogP contribution in [0.5, 0.6) is 0 Å². The minimum absolute atomic E-state index is 0.258. The number of fused-ring (bicyclic) bond motifs is 2. The van der Waals surface area contributed by atoms with Crippen LogP contribution in [0, 0.1) is 5.92 Å². The Morgan fingerprint density at radius 1 is 1.19 bits per heavy atom. The number of nitrogens with zero attached hydrogens (tertiary/aromatic N) is 2. The molecule has 5 rings (SSSR count). The zero-order chi connectivity index (χ0) is 22.2. The number of anilines is 1. The Kier molecular flexibility index (Phi) is 5.92. The molecule has 2 aliphatic rings. The number of thiophene rings is 2. The van der Waals surface area contributed by atoms with Crippen LogP contribution in [0.3, 0.4) is 0 Å². The van der Waals surface area contributed by atoms with Crippen molar-refractivity contribution in [2.24, 2.45) is 5.92 Å². The van der Waals surface area contributed by atoms with Crippen molar-refractivity contribution >= 4 is 40.0 Å². The summed E-state index contributed by atoms with van der Waals surface area (Å²) in [6.07, 6.45) is 9.00. The lowest BCUT2D eigenvalue weighted by atomic mass is 9.89. The summed E-state index contributed by atoms with van der Waals surface area (Å²) >= 11 is 3.36. The van der Waals surface area contributed by atoms with E-state index in [1.54, 1.807) is 11.3 Å². The van der Waals surface area contributed by atoms with Gasteiger partial charge in [0.25, 0.3) is 0 Å². The number of aldehydes is 1. The van der Waals surface area contributed by atoms with Gasteiger partial charge in [0.2, 0.25) is 0 Å². The molecule has 0 bridgehead atoms. The predicted octanol–water partition coefficient (Wildman–Crippen LogP) is 4.85. The van der Waals surface area contributed by atoms with E-state index in [2.05, 4.69) is 46.5 Å². The van der Waals surface area contributed by atoms with E-state index in [1.165, 1.54) is 25.9 Å². The second-order valence-electron chi connectivity index (χ2n) is 8.89. The summed E-state index contributed by atoms with van der Waals surface area (Å²) in [4.78, 5) is 29.5. The number of hydrogen-bond acceptors (Lipinski definition) is 5. The van der Waals surface area contributed by atoms with E-state index in [0.29, 0.717) is 23.0 Å². The van der Waals surface area contributed by atoms with E-state index >= 15 is 0 Å². The molecule has 0 saturated carbocycles. The number of aromatic nitrogens is 1. The number of urea groups is 1. The Labute approximate surface area is 196 Å². The zero-order valence-corrected chi connectivity index (χ0v) is 20.1. The van der Waals surface area contributed by atoms with Crippen molar-refractivity contribution in [3.05, 3.63) is 56.5 Å². The van der Waals surface area contributed by atoms with E-state index in [4.69, 9.17) is 0 Å². The van der Waals surface area contributed by atoms with Crippen LogP contribution in [0.4, 0.5) is 9.80 Å². The van der Waals surface area contributed by atoms with Crippen molar-refractivity contribution in [1.29, 1.82) is 0 Å². The van der Waals surface area contributed by atoms with Gasteiger partial charge in [-0.1, -0.05) is 6.92 Å². The van der Waals surface area contributed by atoms with Crippen LogP contribution in [0.1, 0.15) is 50.1 Å². The van der Waals surface area contributed by atoms with Crippen molar-refractivity contribution in [1.82, 2.24) is 14.8 Å². The minimum atomic E-state index is -0.258. The first-order valence-corrected chi connectivity index (χ1v) is 12.8. The second-order valence-corrected chi connectivity index (χ2v) is 11.1. The number of carbonyl (C=O) groups is 2. The summed E-state index contributed by atoms with van der Waals surface area (Å²) in [6, 6.07) is 3.79. The fraction of sp³-hybridized carbons (Fsp3) is 0.417. The first-order valence-electron chi connectivity index (χ1n) is 11.1. The summed E-state index contributed by atoms with van der Waals surface area (Å²) < 4.78 is 2.14. The Balaban J connectivity index is 1.35. The maximum Gasteiger partial charge on any atom is 0.320 e. The molecule has 168 valence electrons. The summed E-state index contributed by atoms with van der Waals surface area (Å²) in [5, 5.41) is 7.87. The number of rotatable bonds is 5. The highest BCUT2D eigenvalue weighted by Gasteiger charge is 2.26. The molecule has 0 aromatic carbocycles. The molecule has 0 fully saturated rings. The Hall–Kier alpha value is -2.42. The number of hydrogen-bond donors (Lipinski definition) is 2. The molecule has 8 heteroatoms. The van der Waals surface area contributed by atoms with Gasteiger partial charge >= 0.3 is 6.03 Å². The highest BCUT2D eigenvalue weighted by atomic mass is 32.1. The molecule has 2 amide bonds. The normalized spacial score (nSPS) is 18.1. The zero-order valence-electron chi connectivity index (χ0n) is 18.4. The lowest BCUT2D eigenvalue weighted by molar-refractivity contribution is 0.112. The van der Waals surface area contributed by atoms with Crippen molar-refractivity contribution < 1.29 is 9.59 Å². The van der Waals surface area contributed by atoms with Gasteiger partial charge in [0.15, 0.2) is 6.29 Å². The Morgan fingerprint density at radius 3 is 2.78 bits per heavy atom. The van der Waals surface area contributed by atoms with Crippen molar-refractivity contribution in [2.75, 3.05) is 18.9 Å². The fourth-order valence-electron chi connectivity index (χ4n) is 4.75. The summed E-state index contributed by atoms with van der Waals surface area (Å²) in [7, 11) is 2.15. The van der Waals surface area contributed by atoms with Crippen molar-refractivity contribution in [2.45, 2.75) is 45.7 Å². The Bertz CT molecular complexity index is 1150. The molecule has 0 radical (unpaired) electrons. The number of nitrogens with one attached hydrogen (secondary N) is 2. The molecule has 1 atom stereocenters. The summed E-state index contributed by atoms with van der Waals surface area (Å²) in [6.45, 7) is 4.68. The van der Waals surface area contributed by atoms with E-state index in [9.17, 15) is 9.59 Å². The highest BCUT2D eigenvalue weighted by molar-refractivity contribution is 7.17. The van der Waals surface area contributed by atoms with Crippen LogP contribution in [-0.2, 0) is 32.4 Å². The first kappa shape index (κ1) is 21.4. The van der Waals surface area contributed by atoms with Gasteiger partial charge in [-0.05, 0) is 61.9 Å². The van der Waals surface area contributed by atoms with E-state index in [1.807, 2.05) is 23.5 Å². The number of likely N-dealkylation sites (N-methyl/N-ethyl adjacent to an activating group) is 1. The largest absolute Gasteiger partial charge is 0.334 e. The standard InChI is InChI=1S/C24H28N4O2S2/c1-15-5-6-16-19(14-29)22(31-20(16)11-15)26-24(30)25-12-18-17-7-10-27(2)13-21(17)32-23(18)28-8-3-4-9-28/h3-4,8-9,14-15H,5-7,10-13H2,1-2H3,(H2,25,26,30). The van der Waals surface area contributed by atoms with Crippen LogP contribution in [-0.4, -0.2) is 35.4 Å². The smallest absolute Gasteiger partial charge is 0.320 e. The van der Waals surface area contributed by atoms with E-state index < -0.39 is 0 Å². The summed E-state index contributed by atoms with van der Waals surface area (Å²) in [5.41, 5.74) is 4.35. The van der Waals surface area contributed by atoms with Gasteiger partial charge in [-0.3, -0.25) is 10.1 Å². The second kappa shape index (κ2) is 8.84. The van der Waals surface area contributed by atoms with E-state index in [-0.39, 0.29) is 6.03 Å². The molecule has 4 heterocycles. The molecule has 1 aliphatic carbocycles. The molecular weight excluding hydrogens is 440 g/mol. The lowest BCUT2D eigenvalue weighted by Crippen LogP contribution is -2.30. The number of amides is 2. The van der Waals surface area contributed by atoms with Gasteiger partial charge in [-0.15, -0.1) is 22.7 Å². The maximum absolute atomic E-state index is 12.8. The molecule has 0 saturated heterocycles. The first-order chi connectivity index (χ1) is 15.5. The van der Waals surface area contributed by atoms with Gasteiger partial charge in [-0.25, -0.2) is 4.79 Å². The fourth-order valence-corrected chi connectivity index (χ4v) is 7.54. The van der Waals surface area contributed by atoms with Gasteiger partial charge in [0.05, 0.1) is 5.56 Å². The quantitative estimate of drug-likeness (QED) is 0.526. The number of carbonyl (C=O) groups excluding carboxylic acids is 2. The molecule has 2 N–H and O–H groups in total. The van der Waals surface area contributed by atoms with Gasteiger partial charge < -0.3 is 14.8 Å². The third kappa shape index (κ3) is 4.02. The van der Waals surface area contributed by atoms with Crippen LogP contribution < -0.4 is 10.6 Å². The third-order valence-corrected chi connectivity index (χ3v) is 8.96. The van der Waals surface area contributed by atoms with Crippen molar-refractivity contribution in [3.8, 4) is 5.00 Å². The van der Waals surface area contributed by atoms with Crippen LogP contribution in [0.2, 0.25) is 0 Å². The molecular formula is C24H28N4O2S2. The molecule has 0 spiro atoms. The highest BCUT2D eigenvalue weighted by Crippen LogP contribution is 2.39. The van der Waals surface area contributed by atoms with Crippen LogP contribution >= 0.6 is 22.7 Å². The van der Waals surface area contributed by atoms with Crippen molar-refractivity contribution in [3.63, 3.8) is 0 Å². The Morgan fingerprint density at radius 2 is 2.00 bits per heavy atom. The van der Waals surface area contributed by atoms with Crippen LogP contribution in [0.15, 0.2) is 24.5 Å². The molecule has 1 aliphatic heterocycles. The molecule has 3 aromatic heterocycles.